The molecule has 0 aromatic carbocycles. The zero-order valence-electron chi connectivity index (χ0n) is 10.9. The van der Waals surface area contributed by atoms with Crippen molar-refractivity contribution in [3.63, 3.8) is 0 Å². The van der Waals surface area contributed by atoms with Crippen LogP contribution in [0.4, 0.5) is 0 Å². The zero-order chi connectivity index (χ0) is 12.0. The smallest absolute Gasteiger partial charge is 0.0855 e. The lowest BCUT2D eigenvalue weighted by Gasteiger charge is -2.38. The molecule has 3 heteroatoms. The first kappa shape index (κ1) is 13.7. The summed E-state index contributed by atoms with van der Waals surface area (Å²) in [6.07, 6.45) is 8.21. The molecule has 2 atom stereocenters. The van der Waals surface area contributed by atoms with Gasteiger partial charge in [-0.3, -0.25) is 11.3 Å². The summed E-state index contributed by atoms with van der Waals surface area (Å²) in [6, 6.07) is 0.151. The van der Waals surface area contributed by atoms with Gasteiger partial charge >= 0.3 is 0 Å². The average molecular weight is 226 g/mol. The highest BCUT2D eigenvalue weighted by atomic mass is 16.5. The zero-order valence-corrected chi connectivity index (χ0v) is 10.9. The van der Waals surface area contributed by atoms with Crippen molar-refractivity contribution >= 4 is 0 Å². The molecule has 0 aliphatic heterocycles. The summed E-state index contributed by atoms with van der Waals surface area (Å²) >= 11 is 0. The van der Waals surface area contributed by atoms with E-state index in [2.05, 4.69) is 25.3 Å². The van der Waals surface area contributed by atoms with Gasteiger partial charge < -0.3 is 4.74 Å². The van der Waals surface area contributed by atoms with E-state index in [1.54, 1.807) is 0 Å². The summed E-state index contributed by atoms with van der Waals surface area (Å²) in [5, 5.41) is 0. The monoisotopic (exact) mass is 226 g/mol. The molecule has 0 heterocycles. The van der Waals surface area contributed by atoms with Crippen molar-refractivity contribution in [3.8, 4) is 0 Å². The Morgan fingerprint density at radius 3 is 2.69 bits per heavy atom. The molecule has 1 rings (SSSR count). The van der Waals surface area contributed by atoms with Crippen LogP contribution in [-0.4, -0.2) is 18.2 Å². The lowest BCUT2D eigenvalue weighted by molar-refractivity contribution is -0.0474. The van der Waals surface area contributed by atoms with Crippen LogP contribution in [0.2, 0.25) is 0 Å². The van der Waals surface area contributed by atoms with E-state index in [0.717, 1.165) is 19.4 Å². The number of ether oxygens (including phenoxy) is 1. The van der Waals surface area contributed by atoms with Gasteiger partial charge in [0.2, 0.25) is 0 Å². The second-order valence-electron chi connectivity index (χ2n) is 4.72. The van der Waals surface area contributed by atoms with Crippen LogP contribution in [0.25, 0.3) is 0 Å². The number of hydrogen-bond donors (Lipinski definition) is 2. The Hall–Kier alpha value is -0.380. The van der Waals surface area contributed by atoms with Crippen LogP contribution < -0.4 is 11.3 Å². The summed E-state index contributed by atoms with van der Waals surface area (Å²) in [7, 11) is 0. The molecule has 3 nitrogen and oxygen atoms in total. The Morgan fingerprint density at radius 1 is 1.50 bits per heavy atom. The molecule has 0 spiro atoms. The van der Waals surface area contributed by atoms with Gasteiger partial charge in [-0.25, -0.2) is 0 Å². The minimum atomic E-state index is -0.188. The number of hydrazine groups is 1. The summed E-state index contributed by atoms with van der Waals surface area (Å²) in [6.45, 7) is 7.08. The Kier molecular flexibility index (Phi) is 5.46. The number of allylic oxidation sites excluding steroid dienone is 1. The van der Waals surface area contributed by atoms with Crippen molar-refractivity contribution in [2.24, 2.45) is 5.84 Å². The molecule has 0 bridgehead atoms. The normalized spacial score (nSPS) is 22.4. The van der Waals surface area contributed by atoms with Crippen molar-refractivity contribution in [1.82, 2.24) is 5.43 Å². The van der Waals surface area contributed by atoms with E-state index < -0.39 is 0 Å². The molecule has 0 aromatic rings. The Labute approximate surface area is 99.4 Å². The highest BCUT2D eigenvalue weighted by Crippen LogP contribution is 2.30. The first-order valence-electron chi connectivity index (χ1n) is 6.47. The van der Waals surface area contributed by atoms with Gasteiger partial charge in [0, 0.05) is 6.61 Å². The molecule has 0 saturated heterocycles. The molecule has 0 aromatic heterocycles. The molecular formula is C13H26N2O. The summed E-state index contributed by atoms with van der Waals surface area (Å²) in [4.78, 5) is 0. The van der Waals surface area contributed by atoms with Crippen molar-refractivity contribution < 1.29 is 4.74 Å². The van der Waals surface area contributed by atoms with E-state index in [-0.39, 0.29) is 11.6 Å². The third kappa shape index (κ3) is 3.06. The third-order valence-electron chi connectivity index (χ3n) is 3.65. The Balaban J connectivity index is 2.81. The van der Waals surface area contributed by atoms with E-state index >= 15 is 0 Å². The van der Waals surface area contributed by atoms with Crippen molar-refractivity contribution in [3.05, 3.63) is 11.6 Å². The maximum absolute atomic E-state index is 5.90. The highest BCUT2D eigenvalue weighted by molar-refractivity contribution is 5.18. The van der Waals surface area contributed by atoms with E-state index in [4.69, 9.17) is 10.6 Å². The van der Waals surface area contributed by atoms with Gasteiger partial charge in [-0.2, -0.15) is 0 Å². The molecular weight excluding hydrogens is 200 g/mol. The van der Waals surface area contributed by atoms with Gasteiger partial charge in [0.25, 0.3) is 0 Å². The second-order valence-corrected chi connectivity index (χ2v) is 4.72. The fourth-order valence-corrected chi connectivity index (χ4v) is 2.52. The molecule has 0 radical (unpaired) electrons. The lowest BCUT2D eigenvalue weighted by atomic mass is 9.83. The van der Waals surface area contributed by atoms with E-state index in [1.807, 2.05) is 6.92 Å². The summed E-state index contributed by atoms with van der Waals surface area (Å²) in [5.74, 6) is 5.72. The maximum atomic E-state index is 5.90. The predicted molar refractivity (Wildman–Crippen MR) is 68.0 cm³/mol. The fourth-order valence-electron chi connectivity index (χ4n) is 2.52. The van der Waals surface area contributed by atoms with Crippen LogP contribution in [-0.2, 0) is 4.74 Å². The first-order valence-corrected chi connectivity index (χ1v) is 6.47. The lowest BCUT2D eigenvalue weighted by Crippen LogP contribution is -2.54. The van der Waals surface area contributed by atoms with Crippen molar-refractivity contribution in [1.29, 1.82) is 0 Å². The summed E-state index contributed by atoms with van der Waals surface area (Å²) < 4.78 is 5.90. The average Bonchev–Trinajstić information content (AvgIpc) is 2.31. The minimum Gasteiger partial charge on any atom is -0.374 e. The van der Waals surface area contributed by atoms with Gasteiger partial charge in [-0.1, -0.05) is 18.6 Å². The number of hydrogen-bond acceptors (Lipinski definition) is 3. The van der Waals surface area contributed by atoms with Gasteiger partial charge in [0.05, 0.1) is 11.6 Å². The van der Waals surface area contributed by atoms with Gasteiger partial charge in [-0.05, 0) is 46.0 Å². The molecule has 1 aliphatic rings. The maximum Gasteiger partial charge on any atom is 0.0855 e. The first-order chi connectivity index (χ1) is 7.68. The molecule has 94 valence electrons. The van der Waals surface area contributed by atoms with Gasteiger partial charge in [0.15, 0.2) is 0 Å². The van der Waals surface area contributed by atoms with E-state index in [9.17, 15) is 0 Å². The van der Waals surface area contributed by atoms with Crippen LogP contribution in [0.3, 0.4) is 0 Å². The van der Waals surface area contributed by atoms with Crippen molar-refractivity contribution in [2.75, 3.05) is 6.61 Å². The minimum absolute atomic E-state index is 0.151. The number of rotatable bonds is 6. The van der Waals surface area contributed by atoms with Gasteiger partial charge in [0.1, 0.15) is 0 Å². The number of nitrogens with two attached hydrogens (primary N) is 1. The van der Waals surface area contributed by atoms with Crippen LogP contribution in [0.1, 0.15) is 52.9 Å². The number of nitrogens with one attached hydrogen (secondary N) is 1. The molecule has 0 saturated carbocycles. The SMILES string of the molecule is CCOC(C)(CC)C(NN)C1=CCCCC1. The molecule has 0 amide bonds. The van der Waals surface area contributed by atoms with Crippen LogP contribution in [0.5, 0.6) is 0 Å². The fraction of sp³-hybridized carbons (Fsp3) is 0.846. The van der Waals surface area contributed by atoms with Crippen LogP contribution >= 0.6 is 0 Å². The second kappa shape index (κ2) is 6.38. The summed E-state index contributed by atoms with van der Waals surface area (Å²) in [5.41, 5.74) is 4.19. The Bertz CT molecular complexity index is 240. The molecule has 2 unspecified atom stereocenters. The van der Waals surface area contributed by atoms with E-state index in [0.29, 0.717) is 0 Å². The quantitative estimate of drug-likeness (QED) is 0.415. The predicted octanol–water partition coefficient (Wildman–Crippen LogP) is 2.52. The highest BCUT2D eigenvalue weighted by Gasteiger charge is 2.35. The Morgan fingerprint density at radius 2 is 2.25 bits per heavy atom. The topological polar surface area (TPSA) is 47.3 Å². The molecule has 3 N–H and O–H groups in total. The van der Waals surface area contributed by atoms with Gasteiger partial charge in [-0.15, -0.1) is 0 Å². The van der Waals surface area contributed by atoms with E-state index in [1.165, 1.54) is 24.8 Å². The largest absolute Gasteiger partial charge is 0.374 e. The molecule has 16 heavy (non-hydrogen) atoms. The third-order valence-corrected chi connectivity index (χ3v) is 3.65. The standard InChI is InChI=1S/C13H26N2O/c1-4-13(3,16-5-2)12(15-14)11-9-7-6-8-10-11/h9,12,15H,4-8,10,14H2,1-3H3. The van der Waals surface area contributed by atoms with Crippen LogP contribution in [0, 0.1) is 0 Å². The van der Waals surface area contributed by atoms with Crippen molar-refractivity contribution in [2.45, 2.75) is 64.5 Å². The molecule has 1 aliphatic carbocycles. The van der Waals surface area contributed by atoms with Crippen LogP contribution in [0.15, 0.2) is 11.6 Å². The molecule has 0 fully saturated rings.